The highest BCUT2D eigenvalue weighted by Gasteiger charge is 2.48. The second-order valence-corrected chi connectivity index (χ2v) is 5.51. The zero-order valence-corrected chi connectivity index (χ0v) is 12.5. The minimum Gasteiger partial charge on any atom is -0.337 e. The van der Waals surface area contributed by atoms with Crippen LogP contribution in [0.1, 0.15) is 63.1 Å². The second-order valence-electron chi connectivity index (χ2n) is 5.51. The first-order valence-electron chi connectivity index (χ1n) is 7.62. The summed E-state index contributed by atoms with van der Waals surface area (Å²) in [6.07, 6.45) is 6.91. The predicted molar refractivity (Wildman–Crippen MR) is 77.4 cm³/mol. The molecular weight excluding hydrogens is 268 g/mol. The molecule has 0 aliphatic carbocycles. The first-order valence-corrected chi connectivity index (χ1v) is 7.62. The summed E-state index contributed by atoms with van der Waals surface area (Å²) in [7, 11) is 0. The zero-order chi connectivity index (χ0) is 14.7. The molecule has 3 rings (SSSR count). The van der Waals surface area contributed by atoms with Crippen LogP contribution in [0, 0.1) is 0 Å². The number of hydrogen-bond donors (Lipinski definition) is 2. The minimum atomic E-state index is -0.519. The van der Waals surface area contributed by atoms with Crippen LogP contribution in [-0.2, 0) is 9.47 Å². The average Bonchev–Trinajstić information content (AvgIpc) is 3.20. The molecule has 6 heteroatoms. The van der Waals surface area contributed by atoms with Crippen molar-refractivity contribution in [3.8, 4) is 0 Å². The van der Waals surface area contributed by atoms with E-state index in [0.717, 1.165) is 37.1 Å². The fourth-order valence-electron chi connectivity index (χ4n) is 3.04. The molecule has 0 radical (unpaired) electrons. The number of rotatable bonds is 6. The van der Waals surface area contributed by atoms with Crippen molar-refractivity contribution in [2.24, 2.45) is 0 Å². The summed E-state index contributed by atoms with van der Waals surface area (Å²) in [5, 5.41) is 14.1. The fourth-order valence-corrected chi connectivity index (χ4v) is 3.04. The molecule has 6 nitrogen and oxygen atoms in total. The Bertz CT molecular complexity index is 488. The van der Waals surface area contributed by atoms with E-state index in [-0.39, 0.29) is 12.2 Å². The molecule has 0 spiro atoms. The van der Waals surface area contributed by atoms with Crippen LogP contribution in [0.5, 0.6) is 0 Å². The van der Waals surface area contributed by atoms with Gasteiger partial charge in [-0.25, -0.2) is 0 Å². The SMILES string of the molecule is CCCC1(CCC)O[C@H](c2ccn[nH]2)[C@@H](c2ccn[nH]2)O1. The Labute approximate surface area is 124 Å². The lowest BCUT2D eigenvalue weighted by molar-refractivity contribution is -0.186. The van der Waals surface area contributed by atoms with E-state index in [1.807, 2.05) is 12.1 Å². The van der Waals surface area contributed by atoms with Crippen molar-refractivity contribution in [3.63, 3.8) is 0 Å². The molecule has 1 saturated heterocycles. The van der Waals surface area contributed by atoms with E-state index in [1.165, 1.54) is 0 Å². The van der Waals surface area contributed by atoms with Crippen LogP contribution in [0.3, 0.4) is 0 Å². The molecule has 21 heavy (non-hydrogen) atoms. The number of nitrogens with one attached hydrogen (secondary N) is 2. The predicted octanol–water partition coefficient (Wildman–Crippen LogP) is 3.26. The lowest BCUT2D eigenvalue weighted by Crippen LogP contribution is -2.30. The van der Waals surface area contributed by atoms with Crippen LogP contribution in [0.4, 0.5) is 0 Å². The zero-order valence-electron chi connectivity index (χ0n) is 12.5. The second kappa shape index (κ2) is 5.99. The van der Waals surface area contributed by atoms with Crippen molar-refractivity contribution >= 4 is 0 Å². The van der Waals surface area contributed by atoms with Gasteiger partial charge < -0.3 is 9.47 Å². The van der Waals surface area contributed by atoms with E-state index in [1.54, 1.807) is 12.4 Å². The van der Waals surface area contributed by atoms with Crippen molar-refractivity contribution in [3.05, 3.63) is 35.9 Å². The maximum atomic E-state index is 6.37. The molecule has 2 aromatic heterocycles. The van der Waals surface area contributed by atoms with Crippen molar-refractivity contribution < 1.29 is 9.47 Å². The van der Waals surface area contributed by atoms with Gasteiger partial charge in [0.15, 0.2) is 5.79 Å². The summed E-state index contributed by atoms with van der Waals surface area (Å²) in [5.41, 5.74) is 1.87. The molecule has 1 fully saturated rings. The van der Waals surface area contributed by atoms with E-state index >= 15 is 0 Å². The van der Waals surface area contributed by atoms with Crippen LogP contribution in [0.15, 0.2) is 24.5 Å². The smallest absolute Gasteiger partial charge is 0.170 e. The molecule has 0 amide bonds. The molecule has 0 unspecified atom stereocenters. The summed E-state index contributed by atoms with van der Waals surface area (Å²) >= 11 is 0. The van der Waals surface area contributed by atoms with E-state index in [9.17, 15) is 0 Å². The molecular formula is C15H22N4O2. The van der Waals surface area contributed by atoms with Gasteiger partial charge in [0.2, 0.25) is 0 Å². The Balaban J connectivity index is 1.92. The van der Waals surface area contributed by atoms with Gasteiger partial charge in [0.05, 0.1) is 11.4 Å². The Hall–Kier alpha value is -1.66. The van der Waals surface area contributed by atoms with Gasteiger partial charge in [-0.3, -0.25) is 10.2 Å². The highest BCUT2D eigenvalue weighted by molar-refractivity contribution is 5.15. The highest BCUT2D eigenvalue weighted by atomic mass is 16.8. The molecule has 3 heterocycles. The number of H-pyrrole nitrogens is 2. The van der Waals surface area contributed by atoms with E-state index in [4.69, 9.17) is 9.47 Å². The quantitative estimate of drug-likeness (QED) is 0.856. The van der Waals surface area contributed by atoms with Crippen molar-refractivity contribution in [1.29, 1.82) is 0 Å². The summed E-state index contributed by atoms with van der Waals surface area (Å²) in [6, 6.07) is 3.87. The van der Waals surface area contributed by atoms with Gasteiger partial charge in [-0.05, 0) is 12.1 Å². The van der Waals surface area contributed by atoms with Gasteiger partial charge in [0.1, 0.15) is 12.2 Å². The third-order valence-corrected chi connectivity index (χ3v) is 3.88. The fraction of sp³-hybridized carbons (Fsp3) is 0.600. The van der Waals surface area contributed by atoms with E-state index in [0.29, 0.717) is 0 Å². The molecule has 0 aromatic carbocycles. The van der Waals surface area contributed by atoms with Crippen LogP contribution in [0.25, 0.3) is 0 Å². The minimum absolute atomic E-state index is 0.189. The molecule has 0 bridgehead atoms. The van der Waals surface area contributed by atoms with Crippen molar-refractivity contribution in [2.45, 2.75) is 57.5 Å². The lowest BCUT2D eigenvalue weighted by atomic mass is 10.1. The highest BCUT2D eigenvalue weighted by Crippen LogP contribution is 2.49. The summed E-state index contributed by atoms with van der Waals surface area (Å²) in [5.74, 6) is -0.519. The standard InChI is InChI=1S/C15H22N4O2/c1-3-7-15(8-4-2)20-13(11-5-9-16-18-11)14(21-15)12-6-10-17-19-12/h5-6,9-10,13-14H,3-4,7-8H2,1-2H3,(H,16,18)(H,17,19)/t13-,14-/m1/s1. The van der Waals surface area contributed by atoms with Gasteiger partial charge in [0.25, 0.3) is 0 Å². The number of ether oxygens (including phenoxy) is 2. The molecule has 0 saturated carbocycles. The van der Waals surface area contributed by atoms with Crippen molar-refractivity contribution in [2.75, 3.05) is 0 Å². The van der Waals surface area contributed by atoms with Gasteiger partial charge in [-0.2, -0.15) is 10.2 Å². The Morgan fingerprint density at radius 2 is 1.43 bits per heavy atom. The number of nitrogens with zero attached hydrogens (tertiary/aromatic N) is 2. The van der Waals surface area contributed by atoms with Gasteiger partial charge >= 0.3 is 0 Å². The average molecular weight is 290 g/mol. The van der Waals surface area contributed by atoms with E-state index in [2.05, 4.69) is 34.2 Å². The molecule has 2 aromatic rings. The monoisotopic (exact) mass is 290 g/mol. The normalized spacial score (nSPS) is 24.5. The van der Waals surface area contributed by atoms with Crippen LogP contribution >= 0.6 is 0 Å². The van der Waals surface area contributed by atoms with Crippen molar-refractivity contribution in [1.82, 2.24) is 20.4 Å². The summed E-state index contributed by atoms with van der Waals surface area (Å²) < 4.78 is 12.7. The van der Waals surface area contributed by atoms with Gasteiger partial charge in [0, 0.05) is 25.2 Å². The largest absolute Gasteiger partial charge is 0.337 e. The first-order chi connectivity index (χ1) is 10.3. The van der Waals surface area contributed by atoms with E-state index < -0.39 is 5.79 Å². The van der Waals surface area contributed by atoms with Gasteiger partial charge in [-0.1, -0.05) is 26.7 Å². The third kappa shape index (κ3) is 2.73. The summed E-state index contributed by atoms with van der Waals surface area (Å²) in [6.45, 7) is 4.30. The van der Waals surface area contributed by atoms with Gasteiger partial charge in [-0.15, -0.1) is 0 Å². The lowest BCUT2D eigenvalue weighted by Gasteiger charge is -2.27. The Kier molecular flexibility index (Phi) is 4.07. The molecule has 2 atom stereocenters. The third-order valence-electron chi connectivity index (χ3n) is 3.88. The topological polar surface area (TPSA) is 75.8 Å². The maximum absolute atomic E-state index is 6.37. The Morgan fingerprint density at radius 1 is 0.952 bits per heavy atom. The number of aromatic amines is 2. The van der Waals surface area contributed by atoms with Crippen LogP contribution < -0.4 is 0 Å². The maximum Gasteiger partial charge on any atom is 0.170 e. The Morgan fingerprint density at radius 3 is 1.76 bits per heavy atom. The first kappa shape index (κ1) is 14.3. The molecule has 114 valence electrons. The molecule has 2 N–H and O–H groups in total. The molecule has 1 aliphatic heterocycles. The number of hydrogen-bond acceptors (Lipinski definition) is 4. The summed E-state index contributed by atoms with van der Waals surface area (Å²) in [4.78, 5) is 0. The van der Waals surface area contributed by atoms with Crippen LogP contribution in [-0.4, -0.2) is 26.2 Å². The molecule has 1 aliphatic rings. The van der Waals surface area contributed by atoms with Crippen LogP contribution in [0.2, 0.25) is 0 Å². The number of aromatic nitrogens is 4.